The van der Waals surface area contributed by atoms with Crippen LogP contribution in [0.1, 0.15) is 26.7 Å². The van der Waals surface area contributed by atoms with Crippen LogP contribution >= 0.6 is 0 Å². The predicted octanol–water partition coefficient (Wildman–Crippen LogP) is -0.960. The molecule has 0 spiro atoms. The maximum atomic E-state index is 12.0. The van der Waals surface area contributed by atoms with E-state index in [9.17, 15) is 18.0 Å². The second-order valence-corrected chi connectivity index (χ2v) is 8.06. The van der Waals surface area contributed by atoms with Gasteiger partial charge in [-0.3, -0.25) is 9.59 Å². The van der Waals surface area contributed by atoms with Crippen LogP contribution in [-0.2, 0) is 19.4 Å². The molecule has 7 nitrogen and oxygen atoms in total. The molecule has 1 fully saturated rings. The van der Waals surface area contributed by atoms with Crippen LogP contribution in [0.25, 0.3) is 0 Å². The second kappa shape index (κ2) is 7.74. The van der Waals surface area contributed by atoms with Crippen LogP contribution in [0, 0.1) is 5.92 Å². The third kappa shape index (κ3) is 6.43. The lowest BCUT2D eigenvalue weighted by Gasteiger charge is -2.24. The molecule has 0 aromatic rings. The van der Waals surface area contributed by atoms with Gasteiger partial charge < -0.3 is 16.0 Å². The fraction of sp³-hybridized carbons (Fsp3) is 0.846. The van der Waals surface area contributed by atoms with Crippen molar-refractivity contribution in [1.82, 2.24) is 16.0 Å². The lowest BCUT2D eigenvalue weighted by Crippen LogP contribution is -2.50. The van der Waals surface area contributed by atoms with Gasteiger partial charge in [0.2, 0.25) is 11.8 Å². The highest BCUT2D eigenvalue weighted by atomic mass is 32.2. The van der Waals surface area contributed by atoms with E-state index in [4.69, 9.17) is 0 Å². The van der Waals surface area contributed by atoms with Gasteiger partial charge in [-0.2, -0.15) is 0 Å². The van der Waals surface area contributed by atoms with Gasteiger partial charge in [0.25, 0.3) is 0 Å². The fourth-order valence-corrected chi connectivity index (χ4v) is 3.80. The summed E-state index contributed by atoms with van der Waals surface area (Å²) in [5.74, 6) is -0.199. The Morgan fingerprint density at radius 3 is 2.52 bits per heavy atom. The van der Waals surface area contributed by atoms with E-state index in [0.29, 0.717) is 13.0 Å². The Bertz CT molecular complexity index is 476. The molecular weight excluding hydrogens is 294 g/mol. The number of hydrogen-bond donors (Lipinski definition) is 3. The molecule has 8 heteroatoms. The molecule has 0 bridgehead atoms. The summed E-state index contributed by atoms with van der Waals surface area (Å²) in [6.07, 6.45) is 0.604. The van der Waals surface area contributed by atoms with Gasteiger partial charge in [-0.25, -0.2) is 8.42 Å². The van der Waals surface area contributed by atoms with Crippen molar-refractivity contribution in [3.05, 3.63) is 0 Å². The first kappa shape index (κ1) is 17.9. The number of hydrogen-bond acceptors (Lipinski definition) is 5. The molecule has 1 rings (SSSR count). The molecule has 1 aliphatic rings. The average molecular weight is 319 g/mol. The summed E-state index contributed by atoms with van der Waals surface area (Å²) in [6, 6.07) is -0.962. The van der Waals surface area contributed by atoms with Crippen LogP contribution in [0.5, 0.6) is 0 Å². The predicted molar refractivity (Wildman–Crippen MR) is 80.5 cm³/mol. The van der Waals surface area contributed by atoms with Crippen molar-refractivity contribution in [3.63, 3.8) is 0 Å². The zero-order valence-corrected chi connectivity index (χ0v) is 13.6. The maximum absolute atomic E-state index is 12.0. The SMILES string of the molecule is CNC(=O)C(CC(C)C)NC(=O)CC1CS(=O)(=O)CCN1. The van der Waals surface area contributed by atoms with Crippen LogP contribution in [0.3, 0.4) is 0 Å². The van der Waals surface area contributed by atoms with Crippen molar-refractivity contribution < 1.29 is 18.0 Å². The monoisotopic (exact) mass is 319 g/mol. The molecule has 0 radical (unpaired) electrons. The first-order chi connectivity index (χ1) is 9.73. The van der Waals surface area contributed by atoms with Gasteiger partial charge >= 0.3 is 0 Å². The van der Waals surface area contributed by atoms with Crippen molar-refractivity contribution in [2.24, 2.45) is 5.92 Å². The van der Waals surface area contributed by atoms with Gasteiger partial charge in [-0.1, -0.05) is 13.8 Å². The van der Waals surface area contributed by atoms with Crippen molar-refractivity contribution in [3.8, 4) is 0 Å². The number of carbonyl (C=O) groups is 2. The van der Waals surface area contributed by atoms with Gasteiger partial charge in [-0.15, -0.1) is 0 Å². The molecule has 1 saturated heterocycles. The molecule has 0 aliphatic carbocycles. The van der Waals surface area contributed by atoms with Crippen LogP contribution in [-0.4, -0.2) is 57.4 Å². The second-order valence-electron chi connectivity index (χ2n) is 5.83. The Morgan fingerprint density at radius 1 is 1.33 bits per heavy atom. The minimum atomic E-state index is -3.07. The summed E-state index contributed by atoms with van der Waals surface area (Å²) in [6.45, 7) is 4.31. The number of carbonyl (C=O) groups excluding carboxylic acids is 2. The highest BCUT2D eigenvalue weighted by molar-refractivity contribution is 7.91. The van der Waals surface area contributed by atoms with E-state index >= 15 is 0 Å². The maximum Gasteiger partial charge on any atom is 0.242 e. The Morgan fingerprint density at radius 2 is 2.00 bits per heavy atom. The highest BCUT2D eigenvalue weighted by Crippen LogP contribution is 2.08. The topological polar surface area (TPSA) is 104 Å². The Kier molecular flexibility index (Phi) is 6.60. The number of nitrogens with one attached hydrogen (secondary N) is 3. The number of likely N-dealkylation sites (N-methyl/N-ethyl adjacent to an activating group) is 1. The van der Waals surface area contributed by atoms with Gasteiger partial charge in [0.15, 0.2) is 9.84 Å². The molecule has 0 saturated carbocycles. The smallest absolute Gasteiger partial charge is 0.242 e. The molecule has 1 aliphatic heterocycles. The molecule has 2 atom stereocenters. The van der Waals surface area contributed by atoms with Crippen molar-refractivity contribution >= 4 is 21.7 Å². The molecule has 122 valence electrons. The molecule has 0 aromatic heterocycles. The van der Waals surface area contributed by atoms with E-state index < -0.39 is 15.9 Å². The molecule has 21 heavy (non-hydrogen) atoms. The third-order valence-corrected chi connectivity index (χ3v) is 5.07. The molecule has 3 N–H and O–H groups in total. The zero-order chi connectivity index (χ0) is 16.0. The van der Waals surface area contributed by atoms with Crippen molar-refractivity contribution in [2.45, 2.75) is 38.8 Å². The van der Waals surface area contributed by atoms with Crippen LogP contribution in [0.2, 0.25) is 0 Å². The molecule has 1 heterocycles. The summed E-state index contributed by atoms with van der Waals surface area (Å²) in [5.41, 5.74) is 0. The summed E-state index contributed by atoms with van der Waals surface area (Å²) >= 11 is 0. The number of sulfone groups is 1. The number of rotatable bonds is 6. The van der Waals surface area contributed by atoms with Gasteiger partial charge in [0, 0.05) is 26.1 Å². The van der Waals surface area contributed by atoms with E-state index in [-0.39, 0.29) is 41.7 Å². The normalized spacial score (nSPS) is 22.6. The minimum absolute atomic E-state index is 0.0325. The van der Waals surface area contributed by atoms with Crippen molar-refractivity contribution in [2.75, 3.05) is 25.1 Å². The zero-order valence-electron chi connectivity index (χ0n) is 12.8. The van der Waals surface area contributed by atoms with E-state index in [1.807, 2.05) is 13.8 Å². The van der Waals surface area contributed by atoms with Gasteiger partial charge in [-0.05, 0) is 12.3 Å². The Balaban J connectivity index is 2.55. The lowest BCUT2D eigenvalue weighted by atomic mass is 10.0. The fourth-order valence-electron chi connectivity index (χ4n) is 2.35. The highest BCUT2D eigenvalue weighted by Gasteiger charge is 2.27. The quantitative estimate of drug-likeness (QED) is 0.585. The first-order valence-corrected chi connectivity index (χ1v) is 9.00. The molecule has 0 aromatic carbocycles. The van der Waals surface area contributed by atoms with E-state index in [2.05, 4.69) is 16.0 Å². The molecule has 2 unspecified atom stereocenters. The summed E-state index contributed by atoms with van der Waals surface area (Å²) in [5, 5.41) is 8.24. The summed E-state index contributed by atoms with van der Waals surface area (Å²) in [7, 11) is -1.54. The summed E-state index contributed by atoms with van der Waals surface area (Å²) < 4.78 is 23.1. The van der Waals surface area contributed by atoms with E-state index in [0.717, 1.165) is 0 Å². The minimum Gasteiger partial charge on any atom is -0.357 e. The number of amides is 2. The lowest BCUT2D eigenvalue weighted by molar-refractivity contribution is -0.129. The van der Waals surface area contributed by atoms with Gasteiger partial charge in [0.05, 0.1) is 11.5 Å². The van der Waals surface area contributed by atoms with E-state index in [1.54, 1.807) is 0 Å². The van der Waals surface area contributed by atoms with Crippen molar-refractivity contribution in [1.29, 1.82) is 0 Å². The van der Waals surface area contributed by atoms with Crippen LogP contribution in [0.15, 0.2) is 0 Å². The summed E-state index contributed by atoms with van der Waals surface area (Å²) in [4.78, 5) is 23.7. The van der Waals surface area contributed by atoms with E-state index in [1.165, 1.54) is 7.05 Å². The Labute approximate surface area is 126 Å². The van der Waals surface area contributed by atoms with Gasteiger partial charge in [0.1, 0.15) is 6.04 Å². The third-order valence-electron chi connectivity index (χ3n) is 3.34. The molecule has 2 amide bonds. The largest absolute Gasteiger partial charge is 0.357 e. The van der Waals surface area contributed by atoms with Crippen LogP contribution < -0.4 is 16.0 Å². The first-order valence-electron chi connectivity index (χ1n) is 7.18. The Hall–Kier alpha value is -1.15. The average Bonchev–Trinajstić information content (AvgIpc) is 2.35. The standard InChI is InChI=1S/C13H25N3O4S/c1-9(2)6-11(13(18)14-3)16-12(17)7-10-8-21(19,20)5-4-15-10/h9-11,15H,4-8H2,1-3H3,(H,14,18)(H,16,17). The van der Waals surface area contributed by atoms with Crippen LogP contribution in [0.4, 0.5) is 0 Å². The molecular formula is C13H25N3O4S.